The van der Waals surface area contributed by atoms with Crippen LogP contribution in [0, 0.1) is 5.41 Å². The number of halogens is 4. The number of hydrogen-bond donors (Lipinski definition) is 0. The molecule has 130 valence electrons. The topological polar surface area (TPSA) is 52.6 Å². The first-order valence-electron chi connectivity index (χ1n) is 6.87. The Morgan fingerprint density at radius 3 is 2.05 bits per heavy atom. The normalized spacial score (nSPS) is 13.1. The van der Waals surface area contributed by atoms with E-state index in [0.29, 0.717) is 6.42 Å². The summed E-state index contributed by atoms with van der Waals surface area (Å²) < 4.78 is 61.6. The van der Waals surface area contributed by atoms with Crippen LogP contribution in [0.3, 0.4) is 0 Å². The molecule has 4 nitrogen and oxygen atoms in total. The summed E-state index contributed by atoms with van der Waals surface area (Å²) in [4.78, 5) is 22.1. The number of hydrogen-bond acceptors (Lipinski definition) is 4. The van der Waals surface area contributed by atoms with Gasteiger partial charge >= 0.3 is 12.1 Å². The van der Waals surface area contributed by atoms with Gasteiger partial charge in [-0.25, -0.2) is 8.78 Å². The molecule has 0 fully saturated rings. The molecule has 0 unspecified atom stereocenters. The molecule has 0 aromatic rings. The number of Topliss-reactive ketones (excluding diaryl/α,β-unsaturated/α-hetero) is 1. The molecule has 0 saturated heterocycles. The number of ether oxygens (including phenoxy) is 2. The molecule has 0 saturated carbocycles. The highest BCUT2D eigenvalue weighted by molar-refractivity contribution is 5.76. The third-order valence-electron chi connectivity index (χ3n) is 3.04. The quantitative estimate of drug-likeness (QED) is 0.349. The first-order chi connectivity index (χ1) is 9.81. The average Bonchev–Trinajstić information content (AvgIpc) is 2.30. The summed E-state index contributed by atoms with van der Waals surface area (Å²) in [6.07, 6.45) is -6.77. The van der Waals surface area contributed by atoms with Crippen LogP contribution in [-0.2, 0) is 19.1 Å². The maximum absolute atomic E-state index is 13.2. The van der Waals surface area contributed by atoms with E-state index in [1.54, 1.807) is 20.8 Å². The number of esters is 1. The van der Waals surface area contributed by atoms with E-state index in [4.69, 9.17) is 4.74 Å². The first-order valence-corrected chi connectivity index (χ1v) is 6.87. The first kappa shape index (κ1) is 20.8. The second-order valence-corrected chi connectivity index (χ2v) is 5.77. The summed E-state index contributed by atoms with van der Waals surface area (Å²) in [5, 5.41) is 0. The van der Waals surface area contributed by atoms with Crippen LogP contribution in [0.2, 0.25) is 0 Å². The van der Waals surface area contributed by atoms with Gasteiger partial charge in [-0.1, -0.05) is 6.92 Å². The van der Waals surface area contributed by atoms with Gasteiger partial charge < -0.3 is 9.47 Å². The Balaban J connectivity index is 4.24. The zero-order chi connectivity index (χ0) is 17.6. The lowest BCUT2D eigenvalue weighted by molar-refractivity contribution is -0.273. The minimum Gasteiger partial charge on any atom is -0.463 e. The molecule has 0 amide bonds. The van der Waals surface area contributed by atoms with Gasteiger partial charge in [-0.2, -0.15) is 8.78 Å². The Labute approximate surface area is 127 Å². The van der Waals surface area contributed by atoms with Gasteiger partial charge in [0.1, 0.15) is 18.8 Å². The Hall–Kier alpha value is -1.18. The summed E-state index contributed by atoms with van der Waals surface area (Å²) in [5.74, 6) is -5.32. The molecule has 22 heavy (non-hydrogen) atoms. The highest BCUT2D eigenvalue weighted by Crippen LogP contribution is 2.33. The Morgan fingerprint density at radius 2 is 1.59 bits per heavy atom. The van der Waals surface area contributed by atoms with Crippen molar-refractivity contribution in [3.8, 4) is 0 Å². The van der Waals surface area contributed by atoms with Gasteiger partial charge in [0, 0.05) is 0 Å². The molecule has 0 heterocycles. The molecule has 0 aromatic heterocycles. The molecule has 0 N–H and O–H groups in total. The smallest absolute Gasteiger partial charge is 0.361 e. The van der Waals surface area contributed by atoms with Gasteiger partial charge in [0.15, 0.2) is 0 Å². The highest BCUT2D eigenvalue weighted by Gasteiger charge is 2.45. The molecule has 0 aliphatic carbocycles. The second-order valence-electron chi connectivity index (χ2n) is 5.77. The van der Waals surface area contributed by atoms with Crippen molar-refractivity contribution in [3.05, 3.63) is 0 Å². The van der Waals surface area contributed by atoms with E-state index in [0.717, 1.165) is 6.92 Å². The van der Waals surface area contributed by atoms with Crippen LogP contribution in [0.1, 0.15) is 47.0 Å². The van der Waals surface area contributed by atoms with Crippen LogP contribution in [-0.4, -0.2) is 37.0 Å². The van der Waals surface area contributed by atoms with Gasteiger partial charge in [-0.05, 0) is 27.2 Å². The molecule has 0 radical (unpaired) electrons. The molecule has 8 heteroatoms. The second kappa shape index (κ2) is 7.89. The SMILES string of the molecule is CCC(C)(C)C(=O)OCCOC(F)(F)CC(F)(F)CC(C)=O. The summed E-state index contributed by atoms with van der Waals surface area (Å²) in [7, 11) is 0. The minimum atomic E-state index is -4.11. The van der Waals surface area contributed by atoms with Gasteiger partial charge in [0.05, 0.1) is 18.4 Å². The van der Waals surface area contributed by atoms with Crippen molar-refractivity contribution >= 4 is 11.8 Å². The van der Waals surface area contributed by atoms with Crippen molar-refractivity contribution in [3.63, 3.8) is 0 Å². The number of carbonyl (C=O) groups is 2. The van der Waals surface area contributed by atoms with Crippen LogP contribution in [0.4, 0.5) is 17.6 Å². The standard InChI is InChI=1S/C14H22F4O4/c1-5-12(3,4)11(20)21-6-7-22-14(17,18)9-13(15,16)8-10(2)19/h5-9H2,1-4H3. The molecule has 0 aromatic carbocycles. The average molecular weight is 330 g/mol. The van der Waals surface area contributed by atoms with Crippen LogP contribution < -0.4 is 0 Å². The number of carbonyl (C=O) groups excluding carboxylic acids is 2. The third-order valence-corrected chi connectivity index (χ3v) is 3.04. The summed E-state index contributed by atoms with van der Waals surface area (Å²) >= 11 is 0. The predicted octanol–water partition coefficient (Wildman–Crippen LogP) is 3.58. The van der Waals surface area contributed by atoms with E-state index >= 15 is 0 Å². The predicted molar refractivity (Wildman–Crippen MR) is 70.8 cm³/mol. The number of ketones is 1. The number of rotatable bonds is 10. The van der Waals surface area contributed by atoms with E-state index in [2.05, 4.69) is 4.74 Å². The summed E-state index contributed by atoms with van der Waals surface area (Å²) in [6, 6.07) is 0. The van der Waals surface area contributed by atoms with Gasteiger partial charge in [0.2, 0.25) is 0 Å². The van der Waals surface area contributed by atoms with E-state index < -0.39 is 55.3 Å². The Bertz CT molecular complexity index is 394. The molecule has 0 aliphatic heterocycles. The lowest BCUT2D eigenvalue weighted by Gasteiger charge is -2.23. The molecule has 0 aliphatic rings. The lowest BCUT2D eigenvalue weighted by Crippen LogP contribution is -2.34. The fourth-order valence-electron chi connectivity index (χ4n) is 1.44. The fourth-order valence-corrected chi connectivity index (χ4v) is 1.44. The molecule has 0 spiro atoms. The Kier molecular flexibility index (Phi) is 7.47. The van der Waals surface area contributed by atoms with Crippen LogP contribution >= 0.6 is 0 Å². The molecule has 0 rings (SSSR count). The van der Waals surface area contributed by atoms with Crippen molar-refractivity contribution in [2.24, 2.45) is 5.41 Å². The van der Waals surface area contributed by atoms with Crippen LogP contribution in [0.25, 0.3) is 0 Å². The van der Waals surface area contributed by atoms with Crippen molar-refractivity contribution < 1.29 is 36.6 Å². The van der Waals surface area contributed by atoms with Crippen LogP contribution in [0.15, 0.2) is 0 Å². The Morgan fingerprint density at radius 1 is 1.05 bits per heavy atom. The van der Waals surface area contributed by atoms with Gasteiger partial charge in [-0.3, -0.25) is 9.59 Å². The fraction of sp³-hybridized carbons (Fsp3) is 0.857. The van der Waals surface area contributed by atoms with E-state index in [1.165, 1.54) is 0 Å². The summed E-state index contributed by atoms with van der Waals surface area (Å²) in [6.45, 7) is 4.75. The van der Waals surface area contributed by atoms with Crippen molar-refractivity contribution in [1.82, 2.24) is 0 Å². The van der Waals surface area contributed by atoms with E-state index in [9.17, 15) is 27.2 Å². The monoisotopic (exact) mass is 330 g/mol. The molecular weight excluding hydrogens is 308 g/mol. The zero-order valence-electron chi connectivity index (χ0n) is 13.2. The summed E-state index contributed by atoms with van der Waals surface area (Å²) in [5.41, 5.74) is -0.753. The number of alkyl halides is 4. The van der Waals surface area contributed by atoms with E-state index in [-0.39, 0.29) is 0 Å². The largest absolute Gasteiger partial charge is 0.463 e. The maximum Gasteiger partial charge on any atom is 0.361 e. The molecule has 0 atom stereocenters. The molecule has 0 bridgehead atoms. The van der Waals surface area contributed by atoms with Crippen molar-refractivity contribution in [2.45, 2.75) is 59.0 Å². The minimum absolute atomic E-state index is 0.462. The van der Waals surface area contributed by atoms with Gasteiger partial charge in [0.25, 0.3) is 5.92 Å². The molecular formula is C14H22F4O4. The van der Waals surface area contributed by atoms with Crippen LogP contribution in [0.5, 0.6) is 0 Å². The van der Waals surface area contributed by atoms with E-state index in [1.807, 2.05) is 0 Å². The zero-order valence-corrected chi connectivity index (χ0v) is 13.2. The highest BCUT2D eigenvalue weighted by atomic mass is 19.3. The maximum atomic E-state index is 13.2. The third kappa shape index (κ3) is 8.31. The lowest BCUT2D eigenvalue weighted by atomic mass is 9.91. The van der Waals surface area contributed by atoms with Crippen molar-refractivity contribution in [1.29, 1.82) is 0 Å². The van der Waals surface area contributed by atoms with Crippen molar-refractivity contribution in [2.75, 3.05) is 13.2 Å². The van der Waals surface area contributed by atoms with Gasteiger partial charge in [-0.15, -0.1) is 0 Å².